The Morgan fingerprint density at radius 1 is 0.914 bits per heavy atom. The van der Waals surface area contributed by atoms with E-state index in [0.29, 0.717) is 22.7 Å². The third-order valence-electron chi connectivity index (χ3n) is 5.73. The molecule has 35 heavy (non-hydrogen) atoms. The molecule has 1 aliphatic rings. The monoisotopic (exact) mass is 476 g/mol. The molecule has 4 aromatic rings. The van der Waals surface area contributed by atoms with Gasteiger partial charge in [0.2, 0.25) is 5.82 Å². The van der Waals surface area contributed by atoms with Crippen LogP contribution in [0.2, 0.25) is 0 Å². The summed E-state index contributed by atoms with van der Waals surface area (Å²) in [7, 11) is 0. The molecule has 2 amide bonds. The lowest BCUT2D eigenvalue weighted by molar-refractivity contribution is 0.244. The van der Waals surface area contributed by atoms with Gasteiger partial charge in [-0.15, -0.1) is 0 Å². The number of aromatic nitrogens is 2. The maximum Gasteiger partial charge on any atom is 0.327 e. The van der Waals surface area contributed by atoms with Gasteiger partial charge in [0.25, 0.3) is 5.89 Å². The fourth-order valence-corrected chi connectivity index (χ4v) is 4.14. The minimum atomic E-state index is -0.831. The second kappa shape index (κ2) is 8.75. The van der Waals surface area contributed by atoms with Crippen molar-refractivity contribution in [2.24, 2.45) is 0 Å². The third-order valence-corrected chi connectivity index (χ3v) is 5.73. The number of amides is 2. The van der Waals surface area contributed by atoms with E-state index in [1.165, 1.54) is 24.3 Å². The van der Waals surface area contributed by atoms with Gasteiger partial charge in [-0.2, -0.15) is 4.98 Å². The molecule has 1 aliphatic heterocycles. The maximum absolute atomic E-state index is 14.0. The fourth-order valence-electron chi connectivity index (χ4n) is 4.14. The van der Waals surface area contributed by atoms with Crippen LogP contribution in [0.1, 0.15) is 30.0 Å². The minimum Gasteiger partial charge on any atom is -0.334 e. The van der Waals surface area contributed by atoms with Gasteiger partial charge in [-0.1, -0.05) is 41.1 Å². The molecule has 0 saturated heterocycles. The van der Waals surface area contributed by atoms with Crippen molar-refractivity contribution < 1.29 is 22.5 Å². The molecule has 176 valence electrons. The van der Waals surface area contributed by atoms with Gasteiger partial charge >= 0.3 is 6.03 Å². The van der Waals surface area contributed by atoms with Crippen LogP contribution in [0.5, 0.6) is 0 Å². The van der Waals surface area contributed by atoms with E-state index in [1.807, 2.05) is 31.2 Å². The van der Waals surface area contributed by atoms with Crippen LogP contribution in [0.4, 0.5) is 23.7 Å². The Labute approximate surface area is 198 Å². The van der Waals surface area contributed by atoms with E-state index in [2.05, 4.69) is 15.5 Å². The maximum atomic E-state index is 14.0. The summed E-state index contributed by atoms with van der Waals surface area (Å²) in [6, 6.07) is 14.6. The Balaban J connectivity index is 1.67. The van der Waals surface area contributed by atoms with Crippen LogP contribution < -0.4 is 10.2 Å². The number of hydrogen-bond donors (Lipinski definition) is 1. The lowest BCUT2D eigenvalue weighted by Gasteiger charge is -2.35. The number of allylic oxidation sites excluding steroid dienone is 1. The predicted octanol–water partition coefficient (Wildman–Crippen LogP) is 6.16. The van der Waals surface area contributed by atoms with Crippen molar-refractivity contribution in [3.05, 3.63) is 107 Å². The molecule has 0 radical (unpaired) electrons. The van der Waals surface area contributed by atoms with Gasteiger partial charge in [-0.3, -0.25) is 4.90 Å². The van der Waals surface area contributed by atoms with Crippen molar-refractivity contribution in [1.29, 1.82) is 0 Å². The molecule has 1 aromatic heterocycles. The number of carbonyl (C=O) groups excluding carboxylic acids is 1. The van der Waals surface area contributed by atoms with E-state index in [0.717, 1.165) is 34.2 Å². The smallest absolute Gasteiger partial charge is 0.327 e. The topological polar surface area (TPSA) is 71.3 Å². The molecule has 1 atom stereocenters. The Morgan fingerprint density at radius 2 is 1.63 bits per heavy atom. The first-order chi connectivity index (χ1) is 16.8. The molecule has 0 saturated carbocycles. The highest BCUT2D eigenvalue weighted by Crippen LogP contribution is 2.39. The number of rotatable bonds is 4. The van der Waals surface area contributed by atoms with Crippen LogP contribution in [-0.2, 0) is 0 Å². The number of nitrogens with one attached hydrogen (secondary N) is 1. The predicted molar refractivity (Wildman–Crippen MR) is 124 cm³/mol. The van der Waals surface area contributed by atoms with Gasteiger partial charge < -0.3 is 9.84 Å². The van der Waals surface area contributed by atoms with Crippen LogP contribution in [0.15, 0.2) is 77.0 Å². The fraction of sp³-hybridized carbons (Fsp3) is 0.115. The first-order valence-electron chi connectivity index (χ1n) is 10.7. The summed E-state index contributed by atoms with van der Waals surface area (Å²) in [6.07, 6.45) is 0. The molecule has 0 aliphatic carbocycles. The summed E-state index contributed by atoms with van der Waals surface area (Å²) in [4.78, 5) is 18.8. The Hall–Kier alpha value is -4.40. The molecule has 3 aromatic carbocycles. The molecule has 2 heterocycles. The molecule has 9 heteroatoms. The zero-order valence-corrected chi connectivity index (χ0v) is 18.7. The first kappa shape index (κ1) is 22.4. The molecule has 0 bridgehead atoms. The van der Waals surface area contributed by atoms with Crippen molar-refractivity contribution in [2.75, 3.05) is 4.90 Å². The molecule has 1 N–H and O–H groups in total. The van der Waals surface area contributed by atoms with E-state index >= 15 is 0 Å². The summed E-state index contributed by atoms with van der Waals surface area (Å²) in [6.45, 7) is 3.55. The van der Waals surface area contributed by atoms with Crippen molar-refractivity contribution in [3.63, 3.8) is 0 Å². The number of carbonyl (C=O) groups is 1. The molecular formula is C26H19F3N4O2. The average Bonchev–Trinajstić information content (AvgIpc) is 3.28. The molecule has 0 spiro atoms. The summed E-state index contributed by atoms with van der Waals surface area (Å²) >= 11 is 0. The number of aryl methyl sites for hydroxylation is 1. The van der Waals surface area contributed by atoms with Crippen LogP contribution in [-0.4, -0.2) is 16.2 Å². The van der Waals surface area contributed by atoms with E-state index in [1.54, 1.807) is 6.92 Å². The Kier molecular flexibility index (Phi) is 5.60. The normalized spacial score (nSPS) is 16.0. The SMILES string of the molecule is CC1=C(c2nc(-c3cccc(C)c3)no2)C(c2ccc(F)cc2)NC(=O)N1c1cc(F)cc(F)c1. The van der Waals surface area contributed by atoms with Crippen molar-refractivity contribution in [1.82, 2.24) is 15.5 Å². The first-order valence-corrected chi connectivity index (χ1v) is 10.7. The van der Waals surface area contributed by atoms with E-state index in [9.17, 15) is 18.0 Å². The van der Waals surface area contributed by atoms with Crippen LogP contribution >= 0.6 is 0 Å². The van der Waals surface area contributed by atoms with Crippen LogP contribution in [0.3, 0.4) is 0 Å². The number of nitrogens with zero attached hydrogens (tertiary/aromatic N) is 3. The molecule has 5 rings (SSSR count). The molecule has 6 nitrogen and oxygen atoms in total. The van der Waals surface area contributed by atoms with Gasteiger partial charge in [0.05, 0.1) is 17.3 Å². The van der Waals surface area contributed by atoms with Crippen molar-refractivity contribution >= 4 is 17.3 Å². The number of benzene rings is 3. The second-order valence-corrected chi connectivity index (χ2v) is 8.19. The van der Waals surface area contributed by atoms with Crippen molar-refractivity contribution in [2.45, 2.75) is 19.9 Å². The molecular weight excluding hydrogens is 457 g/mol. The number of anilines is 1. The summed E-state index contributed by atoms with van der Waals surface area (Å²) in [5.74, 6) is -1.66. The average molecular weight is 476 g/mol. The summed E-state index contributed by atoms with van der Waals surface area (Å²) in [5, 5.41) is 6.90. The minimum absolute atomic E-state index is 0.00835. The summed E-state index contributed by atoms with van der Waals surface area (Å²) < 4.78 is 47.1. The van der Waals surface area contributed by atoms with Crippen molar-refractivity contribution in [3.8, 4) is 11.4 Å². The highest BCUT2D eigenvalue weighted by molar-refractivity contribution is 6.01. The van der Waals surface area contributed by atoms with Crippen LogP contribution in [0, 0.1) is 24.4 Å². The Morgan fingerprint density at radius 3 is 2.31 bits per heavy atom. The van der Waals surface area contributed by atoms with Crippen LogP contribution in [0.25, 0.3) is 17.0 Å². The highest BCUT2D eigenvalue weighted by Gasteiger charge is 2.36. The van der Waals surface area contributed by atoms with Gasteiger partial charge in [0.15, 0.2) is 0 Å². The van der Waals surface area contributed by atoms with Gasteiger partial charge in [0, 0.05) is 17.3 Å². The molecule has 0 fully saturated rings. The summed E-state index contributed by atoms with van der Waals surface area (Å²) in [5.41, 5.74) is 3.04. The van der Waals surface area contributed by atoms with E-state index in [-0.39, 0.29) is 11.6 Å². The number of halogens is 3. The second-order valence-electron chi connectivity index (χ2n) is 8.19. The third kappa shape index (κ3) is 4.28. The van der Waals surface area contributed by atoms with Gasteiger partial charge in [-0.25, -0.2) is 18.0 Å². The Bertz CT molecular complexity index is 1440. The van der Waals surface area contributed by atoms with Gasteiger partial charge in [-0.05, 0) is 49.7 Å². The van der Waals surface area contributed by atoms with E-state index in [4.69, 9.17) is 4.52 Å². The highest BCUT2D eigenvalue weighted by atomic mass is 19.1. The van der Waals surface area contributed by atoms with Gasteiger partial charge in [0.1, 0.15) is 17.5 Å². The largest absolute Gasteiger partial charge is 0.334 e. The number of hydrogen-bond acceptors (Lipinski definition) is 4. The zero-order valence-electron chi connectivity index (χ0n) is 18.7. The lowest BCUT2D eigenvalue weighted by atomic mass is 9.94. The molecule has 1 unspecified atom stereocenters. The standard InChI is InChI=1S/C26H19F3N4O2/c1-14-4-3-5-17(10-14)24-31-25(35-32-24)22-15(2)33(21-12-19(28)11-20(29)13-21)26(34)30-23(22)16-6-8-18(27)9-7-16/h3-13,23H,1-2H3,(H,30,34). The number of urea groups is 1. The lowest BCUT2D eigenvalue weighted by Crippen LogP contribution is -2.46. The van der Waals surface area contributed by atoms with E-state index < -0.39 is 29.5 Å². The quantitative estimate of drug-likeness (QED) is 0.383. The zero-order chi connectivity index (χ0) is 24.7.